The number of amides is 1. The molecule has 1 amide bonds. The van der Waals surface area contributed by atoms with Crippen LogP contribution in [-0.4, -0.2) is 37.4 Å². The topological polar surface area (TPSA) is 118 Å². The highest BCUT2D eigenvalue weighted by molar-refractivity contribution is 7.89. The van der Waals surface area contributed by atoms with Crippen molar-refractivity contribution in [2.75, 3.05) is 23.3 Å². The van der Waals surface area contributed by atoms with Crippen molar-refractivity contribution < 1.29 is 13.2 Å². The van der Waals surface area contributed by atoms with Crippen LogP contribution in [0.3, 0.4) is 0 Å². The molecule has 0 aliphatic carbocycles. The number of aromatic nitrogens is 2. The first-order valence-corrected chi connectivity index (χ1v) is 12.1. The van der Waals surface area contributed by atoms with Crippen LogP contribution in [0.15, 0.2) is 66.0 Å². The second-order valence-corrected chi connectivity index (χ2v) is 9.33. The first-order valence-electron chi connectivity index (χ1n) is 10.5. The number of anilines is 2. The summed E-state index contributed by atoms with van der Waals surface area (Å²) in [4.78, 5) is 24.2. The lowest BCUT2D eigenvalue weighted by molar-refractivity contribution is 0.102. The van der Waals surface area contributed by atoms with Crippen LogP contribution in [-0.2, 0) is 10.0 Å². The third-order valence-electron chi connectivity index (χ3n) is 5.43. The van der Waals surface area contributed by atoms with Gasteiger partial charge < -0.3 is 10.2 Å². The summed E-state index contributed by atoms with van der Waals surface area (Å²) in [5, 5.41) is 8.03. The summed E-state index contributed by atoms with van der Waals surface area (Å²) < 4.78 is 23.4. The number of nitrogens with two attached hydrogens (primary N) is 1. The number of benzene rings is 1. The van der Waals surface area contributed by atoms with Crippen LogP contribution in [0.4, 0.5) is 11.5 Å². The van der Waals surface area contributed by atoms with Crippen LogP contribution in [0.5, 0.6) is 0 Å². The summed E-state index contributed by atoms with van der Waals surface area (Å²) in [5.74, 6) is 0.258. The Kier molecular flexibility index (Phi) is 6.48. The lowest BCUT2D eigenvalue weighted by atomic mass is 10.1. The number of carbonyl (C=O) groups is 1. The monoisotopic (exact) mass is 451 g/mol. The van der Waals surface area contributed by atoms with E-state index >= 15 is 0 Å². The predicted octanol–water partition coefficient (Wildman–Crippen LogP) is 3.42. The molecule has 3 heterocycles. The van der Waals surface area contributed by atoms with Crippen LogP contribution in [0.1, 0.15) is 36.0 Å². The van der Waals surface area contributed by atoms with Gasteiger partial charge in [0.25, 0.3) is 5.91 Å². The molecule has 1 aromatic carbocycles. The van der Waals surface area contributed by atoms with Crippen molar-refractivity contribution in [1.29, 1.82) is 0 Å². The van der Waals surface area contributed by atoms with Gasteiger partial charge in [0.15, 0.2) is 0 Å². The molecule has 3 N–H and O–H groups in total. The summed E-state index contributed by atoms with van der Waals surface area (Å²) in [5.41, 5.74) is 2.40. The maximum Gasteiger partial charge on any atom is 0.259 e. The number of rotatable bonds is 5. The normalized spacial score (nSPS) is 14.6. The van der Waals surface area contributed by atoms with E-state index in [0.29, 0.717) is 17.1 Å². The van der Waals surface area contributed by atoms with E-state index in [1.165, 1.54) is 18.2 Å². The van der Waals surface area contributed by atoms with E-state index < -0.39 is 10.0 Å². The van der Waals surface area contributed by atoms with Crippen LogP contribution in [0.25, 0.3) is 11.1 Å². The molecule has 0 radical (unpaired) electrons. The fraction of sp³-hybridized carbons (Fsp3) is 0.261. The Bertz CT molecular complexity index is 1210. The minimum absolute atomic E-state index is 0.0646. The highest BCUT2D eigenvalue weighted by atomic mass is 32.2. The number of nitrogens with one attached hydrogen (secondary N) is 1. The number of primary sulfonamides is 1. The van der Waals surface area contributed by atoms with Gasteiger partial charge in [0.2, 0.25) is 10.0 Å². The zero-order valence-corrected chi connectivity index (χ0v) is 18.4. The van der Waals surface area contributed by atoms with Crippen LogP contribution >= 0.6 is 0 Å². The summed E-state index contributed by atoms with van der Waals surface area (Å²) in [7, 11) is -3.88. The molecular formula is C23H25N5O3S. The average molecular weight is 452 g/mol. The van der Waals surface area contributed by atoms with Gasteiger partial charge in [-0.1, -0.05) is 25.0 Å². The zero-order valence-electron chi connectivity index (χ0n) is 17.6. The molecule has 166 valence electrons. The molecule has 3 aromatic rings. The van der Waals surface area contributed by atoms with E-state index in [1.54, 1.807) is 24.7 Å². The molecule has 8 nitrogen and oxygen atoms in total. The van der Waals surface area contributed by atoms with E-state index in [2.05, 4.69) is 20.2 Å². The molecule has 1 aliphatic rings. The fourth-order valence-corrected chi connectivity index (χ4v) is 4.36. The van der Waals surface area contributed by atoms with E-state index in [9.17, 15) is 13.2 Å². The molecule has 32 heavy (non-hydrogen) atoms. The Hall–Kier alpha value is -3.30. The highest BCUT2D eigenvalue weighted by Gasteiger charge is 2.21. The molecule has 9 heteroatoms. The van der Waals surface area contributed by atoms with E-state index in [1.807, 2.05) is 18.2 Å². The van der Waals surface area contributed by atoms with E-state index in [-0.39, 0.29) is 10.8 Å². The van der Waals surface area contributed by atoms with Gasteiger partial charge in [0, 0.05) is 48.5 Å². The summed E-state index contributed by atoms with van der Waals surface area (Å²) >= 11 is 0. The van der Waals surface area contributed by atoms with Gasteiger partial charge in [-0.15, -0.1) is 0 Å². The van der Waals surface area contributed by atoms with Crippen molar-refractivity contribution >= 4 is 27.4 Å². The minimum Gasteiger partial charge on any atom is -0.356 e. The van der Waals surface area contributed by atoms with Crippen molar-refractivity contribution in [3.8, 4) is 11.1 Å². The van der Waals surface area contributed by atoms with Crippen molar-refractivity contribution in [1.82, 2.24) is 9.97 Å². The molecule has 1 aliphatic heterocycles. The number of carbonyl (C=O) groups excluding carboxylic acids is 1. The molecule has 0 unspecified atom stereocenters. The fourth-order valence-electron chi connectivity index (χ4n) is 3.80. The second-order valence-electron chi connectivity index (χ2n) is 7.77. The zero-order chi connectivity index (χ0) is 22.6. The number of hydrogen-bond acceptors (Lipinski definition) is 6. The highest BCUT2D eigenvalue weighted by Crippen LogP contribution is 2.28. The summed E-state index contributed by atoms with van der Waals surface area (Å²) in [6.45, 7) is 1.67. The molecule has 1 saturated heterocycles. The lowest BCUT2D eigenvalue weighted by Crippen LogP contribution is -2.28. The molecule has 1 fully saturated rings. The smallest absolute Gasteiger partial charge is 0.259 e. The van der Waals surface area contributed by atoms with Crippen molar-refractivity contribution in [3.63, 3.8) is 0 Å². The maximum atomic E-state index is 13.3. The van der Waals surface area contributed by atoms with E-state index in [4.69, 9.17) is 5.14 Å². The minimum atomic E-state index is -3.88. The van der Waals surface area contributed by atoms with Crippen molar-refractivity contribution in [2.24, 2.45) is 5.14 Å². The van der Waals surface area contributed by atoms with Gasteiger partial charge in [0.1, 0.15) is 5.82 Å². The molecule has 4 rings (SSSR count). The largest absolute Gasteiger partial charge is 0.356 e. The average Bonchev–Trinajstić information content (AvgIpc) is 3.08. The van der Waals surface area contributed by atoms with E-state index in [0.717, 1.165) is 49.9 Å². The van der Waals surface area contributed by atoms with Crippen LogP contribution in [0, 0.1) is 0 Å². The predicted molar refractivity (Wildman–Crippen MR) is 124 cm³/mol. The lowest BCUT2D eigenvalue weighted by Gasteiger charge is -2.24. The van der Waals surface area contributed by atoms with Crippen LogP contribution in [0.2, 0.25) is 0 Å². The molecule has 0 bridgehead atoms. The number of hydrogen-bond donors (Lipinski definition) is 2. The molecule has 0 atom stereocenters. The second kappa shape index (κ2) is 9.46. The molecule has 0 saturated carbocycles. The van der Waals surface area contributed by atoms with Gasteiger partial charge >= 0.3 is 0 Å². The van der Waals surface area contributed by atoms with Crippen LogP contribution < -0.4 is 15.4 Å². The third-order valence-corrected chi connectivity index (χ3v) is 6.34. The van der Waals surface area contributed by atoms with Gasteiger partial charge in [0.05, 0.1) is 10.5 Å². The number of sulfonamides is 1. The Morgan fingerprint density at radius 1 is 0.969 bits per heavy atom. The third kappa shape index (κ3) is 5.12. The van der Waals surface area contributed by atoms with Gasteiger partial charge in [-0.2, -0.15) is 0 Å². The Labute approximate surface area is 187 Å². The summed E-state index contributed by atoms with van der Waals surface area (Å²) in [6.07, 6.45) is 9.58. The first-order chi connectivity index (χ1) is 15.4. The maximum absolute atomic E-state index is 13.3. The van der Waals surface area contributed by atoms with Gasteiger partial charge in [-0.3, -0.25) is 9.78 Å². The number of pyridine rings is 2. The Balaban J connectivity index is 1.71. The first kappa shape index (κ1) is 21.9. The van der Waals surface area contributed by atoms with Crippen molar-refractivity contribution in [3.05, 3.63) is 66.6 Å². The Morgan fingerprint density at radius 3 is 2.44 bits per heavy atom. The standard InChI is InChI=1S/C23H25N5O3S/c24-32(30,31)20-9-5-8-19(14-20)27-23(29)21-13-18(17-7-6-10-25-15-17)16-26-22(21)28-11-3-1-2-4-12-28/h5-10,13-16H,1-4,11-12H2,(H,27,29)(H2,24,30,31). The Morgan fingerprint density at radius 2 is 1.75 bits per heavy atom. The SMILES string of the molecule is NS(=O)(=O)c1cccc(NC(=O)c2cc(-c3cccnc3)cnc2N2CCCCCC2)c1. The summed E-state index contributed by atoms with van der Waals surface area (Å²) in [6, 6.07) is 11.4. The van der Waals surface area contributed by atoms with Gasteiger partial charge in [-0.05, 0) is 43.2 Å². The van der Waals surface area contributed by atoms with Gasteiger partial charge in [-0.25, -0.2) is 18.5 Å². The molecule has 0 spiro atoms. The van der Waals surface area contributed by atoms with Crippen molar-refractivity contribution in [2.45, 2.75) is 30.6 Å². The quantitative estimate of drug-likeness (QED) is 0.614. The molecular weight excluding hydrogens is 426 g/mol. The molecule has 2 aromatic heterocycles. The number of nitrogens with zero attached hydrogens (tertiary/aromatic N) is 3.